The molecule has 18 heavy (non-hydrogen) atoms. The molecule has 1 aliphatic carbocycles. The van der Waals surface area contributed by atoms with E-state index in [0.29, 0.717) is 17.9 Å². The van der Waals surface area contributed by atoms with Crippen molar-refractivity contribution >= 4 is 17.3 Å². The van der Waals surface area contributed by atoms with Gasteiger partial charge in [0, 0.05) is 6.54 Å². The van der Waals surface area contributed by atoms with E-state index in [9.17, 15) is 4.79 Å². The number of hydrogen-bond acceptors (Lipinski definition) is 4. The molecule has 0 unspecified atom stereocenters. The largest absolute Gasteiger partial charge is 0.462 e. The van der Waals surface area contributed by atoms with Crippen LogP contribution in [0, 0.1) is 5.92 Å². The quantitative estimate of drug-likeness (QED) is 0.600. The number of carbonyl (C=O) groups is 1. The highest BCUT2D eigenvalue weighted by atomic mass is 16.5. The molecule has 1 aromatic carbocycles. The fraction of sp³-hybridized carbons (Fsp3) is 0.500. The van der Waals surface area contributed by atoms with Crippen LogP contribution < -0.4 is 11.1 Å². The zero-order valence-corrected chi connectivity index (χ0v) is 10.7. The Bertz CT molecular complexity index is 428. The van der Waals surface area contributed by atoms with Crippen molar-refractivity contribution in [3.05, 3.63) is 23.8 Å². The van der Waals surface area contributed by atoms with Gasteiger partial charge in [0.15, 0.2) is 0 Å². The summed E-state index contributed by atoms with van der Waals surface area (Å²) >= 11 is 0. The molecule has 1 saturated carbocycles. The number of esters is 1. The molecule has 4 nitrogen and oxygen atoms in total. The number of ether oxygens (including phenoxy) is 1. The van der Waals surface area contributed by atoms with Crippen LogP contribution in [-0.2, 0) is 4.74 Å². The van der Waals surface area contributed by atoms with E-state index < -0.39 is 0 Å². The van der Waals surface area contributed by atoms with Crippen molar-refractivity contribution in [1.82, 2.24) is 0 Å². The lowest BCUT2D eigenvalue weighted by Gasteiger charge is -2.10. The minimum atomic E-state index is -0.303. The summed E-state index contributed by atoms with van der Waals surface area (Å²) in [5, 5.41) is 3.29. The Morgan fingerprint density at radius 1 is 1.50 bits per heavy atom. The minimum Gasteiger partial charge on any atom is -0.462 e. The first-order valence-corrected chi connectivity index (χ1v) is 6.51. The Morgan fingerprint density at radius 3 is 2.94 bits per heavy atom. The van der Waals surface area contributed by atoms with Gasteiger partial charge in [-0.2, -0.15) is 0 Å². The van der Waals surface area contributed by atoms with Crippen LogP contribution in [0.15, 0.2) is 18.2 Å². The Hall–Kier alpha value is -1.71. The van der Waals surface area contributed by atoms with Crippen molar-refractivity contribution in [3.63, 3.8) is 0 Å². The molecule has 0 saturated heterocycles. The first-order valence-electron chi connectivity index (χ1n) is 6.51. The molecule has 1 fully saturated rings. The van der Waals surface area contributed by atoms with Gasteiger partial charge in [-0.15, -0.1) is 0 Å². The van der Waals surface area contributed by atoms with Crippen molar-refractivity contribution in [2.75, 3.05) is 24.2 Å². The number of hydrogen-bond donors (Lipinski definition) is 2. The number of nitrogens with two attached hydrogens (primary N) is 1. The van der Waals surface area contributed by atoms with E-state index in [1.54, 1.807) is 25.1 Å². The molecule has 0 amide bonds. The van der Waals surface area contributed by atoms with Crippen LogP contribution in [0.3, 0.4) is 0 Å². The summed E-state index contributed by atoms with van der Waals surface area (Å²) in [5.41, 5.74) is 7.91. The van der Waals surface area contributed by atoms with Crippen molar-refractivity contribution in [1.29, 1.82) is 0 Å². The molecule has 0 aromatic heterocycles. The van der Waals surface area contributed by atoms with Gasteiger partial charge in [0.1, 0.15) is 0 Å². The topological polar surface area (TPSA) is 64.3 Å². The summed E-state index contributed by atoms with van der Waals surface area (Å²) in [6, 6.07) is 5.20. The highest BCUT2D eigenvalue weighted by molar-refractivity contribution is 5.92. The van der Waals surface area contributed by atoms with Gasteiger partial charge in [-0.05, 0) is 37.5 Å². The predicted molar refractivity (Wildman–Crippen MR) is 72.6 cm³/mol. The standard InChI is InChI=1S/C14H20N2O2/c1-2-18-14(17)11-5-6-12(15)13(9-11)16-8-7-10-3-4-10/h5-6,9-10,16H,2-4,7-8,15H2,1H3. The van der Waals surface area contributed by atoms with Crippen LogP contribution in [0.25, 0.3) is 0 Å². The number of carbonyl (C=O) groups excluding carboxylic acids is 1. The Morgan fingerprint density at radius 2 is 2.28 bits per heavy atom. The van der Waals surface area contributed by atoms with E-state index in [1.807, 2.05) is 0 Å². The van der Waals surface area contributed by atoms with Crippen LogP contribution in [-0.4, -0.2) is 19.1 Å². The van der Waals surface area contributed by atoms with Crippen LogP contribution >= 0.6 is 0 Å². The number of benzene rings is 1. The fourth-order valence-corrected chi connectivity index (χ4v) is 1.87. The molecule has 0 aliphatic heterocycles. The average molecular weight is 248 g/mol. The van der Waals surface area contributed by atoms with Crippen molar-refractivity contribution < 1.29 is 9.53 Å². The second-order valence-corrected chi connectivity index (χ2v) is 4.68. The van der Waals surface area contributed by atoms with Crippen LogP contribution in [0.2, 0.25) is 0 Å². The summed E-state index contributed by atoms with van der Waals surface area (Å²) in [6.45, 7) is 3.08. The lowest BCUT2D eigenvalue weighted by atomic mass is 10.1. The van der Waals surface area contributed by atoms with Gasteiger partial charge in [0.2, 0.25) is 0 Å². The normalized spacial score (nSPS) is 14.3. The summed E-state index contributed by atoms with van der Waals surface area (Å²) in [5.74, 6) is 0.578. The summed E-state index contributed by atoms with van der Waals surface area (Å²) < 4.78 is 4.97. The van der Waals surface area contributed by atoms with E-state index in [2.05, 4.69) is 5.32 Å². The van der Waals surface area contributed by atoms with Crippen molar-refractivity contribution in [2.24, 2.45) is 5.92 Å². The van der Waals surface area contributed by atoms with Crippen LogP contribution in [0.4, 0.5) is 11.4 Å². The predicted octanol–water partition coefficient (Wildman–Crippen LogP) is 2.66. The summed E-state index contributed by atoms with van der Waals surface area (Å²) in [7, 11) is 0. The first kappa shape index (κ1) is 12.7. The molecule has 1 aliphatic rings. The Labute approximate surface area is 108 Å². The molecule has 98 valence electrons. The highest BCUT2D eigenvalue weighted by Gasteiger charge is 2.20. The summed E-state index contributed by atoms with van der Waals surface area (Å²) in [4.78, 5) is 11.6. The van der Waals surface area contributed by atoms with E-state index in [0.717, 1.165) is 18.2 Å². The van der Waals surface area contributed by atoms with Gasteiger partial charge in [-0.1, -0.05) is 12.8 Å². The molecule has 0 spiro atoms. The number of nitrogens with one attached hydrogen (secondary N) is 1. The maximum atomic E-state index is 11.6. The zero-order chi connectivity index (χ0) is 13.0. The van der Waals surface area contributed by atoms with Gasteiger partial charge < -0.3 is 15.8 Å². The number of anilines is 2. The molecule has 0 bridgehead atoms. The second kappa shape index (κ2) is 5.76. The molecule has 0 heterocycles. The van der Waals surface area contributed by atoms with E-state index >= 15 is 0 Å². The second-order valence-electron chi connectivity index (χ2n) is 4.68. The summed E-state index contributed by atoms with van der Waals surface area (Å²) in [6.07, 6.45) is 3.86. The van der Waals surface area contributed by atoms with Gasteiger partial charge in [0.05, 0.1) is 23.5 Å². The molecule has 2 rings (SSSR count). The Kier molecular flexibility index (Phi) is 4.07. The maximum absolute atomic E-state index is 11.6. The lowest BCUT2D eigenvalue weighted by molar-refractivity contribution is 0.0526. The highest BCUT2D eigenvalue weighted by Crippen LogP contribution is 2.32. The number of rotatable bonds is 6. The molecule has 0 atom stereocenters. The molecule has 0 radical (unpaired) electrons. The molecular formula is C14H20N2O2. The smallest absolute Gasteiger partial charge is 0.338 e. The SMILES string of the molecule is CCOC(=O)c1ccc(N)c(NCCC2CC2)c1. The van der Waals surface area contributed by atoms with Gasteiger partial charge in [-0.3, -0.25) is 0 Å². The molecule has 3 N–H and O–H groups in total. The molecule has 4 heteroatoms. The first-order chi connectivity index (χ1) is 8.70. The van der Waals surface area contributed by atoms with Gasteiger partial charge in [-0.25, -0.2) is 4.79 Å². The molecule has 1 aromatic rings. The lowest BCUT2D eigenvalue weighted by Crippen LogP contribution is -2.08. The Balaban J connectivity index is 1.98. The monoisotopic (exact) mass is 248 g/mol. The third kappa shape index (κ3) is 3.39. The van der Waals surface area contributed by atoms with Crippen molar-refractivity contribution in [2.45, 2.75) is 26.2 Å². The minimum absolute atomic E-state index is 0.303. The third-order valence-corrected chi connectivity index (χ3v) is 3.13. The fourth-order valence-electron chi connectivity index (χ4n) is 1.87. The van der Waals surface area contributed by atoms with E-state index in [-0.39, 0.29) is 5.97 Å². The van der Waals surface area contributed by atoms with E-state index in [1.165, 1.54) is 19.3 Å². The van der Waals surface area contributed by atoms with Crippen molar-refractivity contribution in [3.8, 4) is 0 Å². The maximum Gasteiger partial charge on any atom is 0.338 e. The van der Waals surface area contributed by atoms with Crippen LogP contribution in [0.1, 0.15) is 36.5 Å². The van der Waals surface area contributed by atoms with Gasteiger partial charge >= 0.3 is 5.97 Å². The number of nitrogen functional groups attached to an aromatic ring is 1. The van der Waals surface area contributed by atoms with E-state index in [4.69, 9.17) is 10.5 Å². The third-order valence-electron chi connectivity index (χ3n) is 3.13. The van der Waals surface area contributed by atoms with Crippen LogP contribution in [0.5, 0.6) is 0 Å². The molecular weight excluding hydrogens is 228 g/mol. The van der Waals surface area contributed by atoms with Gasteiger partial charge in [0.25, 0.3) is 0 Å². The zero-order valence-electron chi connectivity index (χ0n) is 10.7. The average Bonchev–Trinajstić information content (AvgIpc) is 3.16.